The summed E-state index contributed by atoms with van der Waals surface area (Å²) in [4.78, 5) is 21.5. The lowest BCUT2D eigenvalue weighted by atomic mass is 10.1. The van der Waals surface area contributed by atoms with Gasteiger partial charge in [0.1, 0.15) is 11.5 Å². The molecule has 0 aliphatic rings. The lowest BCUT2D eigenvalue weighted by Crippen LogP contribution is -1.98. The first-order valence-electron chi connectivity index (χ1n) is 9.05. The molecule has 3 aromatic carbocycles. The molecule has 0 aliphatic carbocycles. The first kappa shape index (κ1) is 20.8. The summed E-state index contributed by atoms with van der Waals surface area (Å²) < 4.78 is 11.9. The third-order valence-corrected chi connectivity index (χ3v) is 4.60. The first-order chi connectivity index (χ1) is 14.2. The van der Waals surface area contributed by atoms with Gasteiger partial charge in [0.25, 0.3) is 11.4 Å². The SMILES string of the molecule is Cc1[c]cc(C)c(Oc2ccc(C)c([N+](=O)[O-])c2)c1Oc1ccc(C)c([N+](=O)[O-])c1. The molecular formula is C22H19N2O6. The van der Waals surface area contributed by atoms with Gasteiger partial charge in [0.15, 0.2) is 11.5 Å². The molecule has 0 atom stereocenters. The molecule has 8 nitrogen and oxygen atoms in total. The van der Waals surface area contributed by atoms with Gasteiger partial charge in [0, 0.05) is 16.7 Å². The van der Waals surface area contributed by atoms with E-state index in [4.69, 9.17) is 9.47 Å². The van der Waals surface area contributed by atoms with Gasteiger partial charge in [0.05, 0.1) is 22.0 Å². The van der Waals surface area contributed by atoms with E-state index in [9.17, 15) is 20.2 Å². The molecule has 0 bridgehead atoms. The minimum Gasteiger partial charge on any atom is -0.453 e. The highest BCUT2D eigenvalue weighted by Gasteiger charge is 2.19. The number of aryl methyl sites for hydroxylation is 4. The summed E-state index contributed by atoms with van der Waals surface area (Å²) in [5.41, 5.74) is 2.24. The highest BCUT2D eigenvalue weighted by molar-refractivity contribution is 5.56. The number of nitro groups is 2. The maximum absolute atomic E-state index is 11.2. The number of benzene rings is 3. The van der Waals surface area contributed by atoms with Gasteiger partial charge in [0.2, 0.25) is 0 Å². The number of hydrogen-bond acceptors (Lipinski definition) is 6. The molecule has 3 rings (SSSR count). The summed E-state index contributed by atoms with van der Waals surface area (Å²) in [6.45, 7) is 6.85. The zero-order valence-electron chi connectivity index (χ0n) is 16.9. The predicted molar refractivity (Wildman–Crippen MR) is 111 cm³/mol. The largest absolute Gasteiger partial charge is 0.453 e. The zero-order valence-corrected chi connectivity index (χ0v) is 16.9. The van der Waals surface area contributed by atoms with Crippen molar-refractivity contribution in [1.82, 2.24) is 0 Å². The quantitative estimate of drug-likeness (QED) is 0.360. The standard InChI is InChI=1S/C22H19N2O6/c1-13-7-9-17(11-19(13)23(25)26)29-21-15(3)5-6-16(4)22(21)30-18-10-8-14(2)20(12-18)24(27)28/h5,7-12H,1-4H3. The number of nitrogens with zero attached hydrogens (tertiary/aromatic N) is 2. The topological polar surface area (TPSA) is 105 Å². The molecule has 0 heterocycles. The van der Waals surface area contributed by atoms with E-state index in [1.54, 1.807) is 58.0 Å². The summed E-state index contributed by atoms with van der Waals surface area (Å²) in [7, 11) is 0. The molecule has 1 radical (unpaired) electrons. The average Bonchev–Trinajstić information content (AvgIpc) is 2.69. The Kier molecular flexibility index (Phi) is 5.68. The lowest BCUT2D eigenvalue weighted by Gasteiger charge is -2.17. The summed E-state index contributed by atoms with van der Waals surface area (Å²) in [6.07, 6.45) is 0. The first-order valence-corrected chi connectivity index (χ1v) is 9.05. The van der Waals surface area contributed by atoms with Gasteiger partial charge in [-0.05, 0) is 69.7 Å². The second kappa shape index (κ2) is 8.20. The summed E-state index contributed by atoms with van der Waals surface area (Å²) in [6, 6.07) is 13.9. The fourth-order valence-electron chi connectivity index (χ4n) is 2.88. The van der Waals surface area contributed by atoms with Gasteiger partial charge in [-0.15, -0.1) is 0 Å². The minimum atomic E-state index is -0.472. The van der Waals surface area contributed by atoms with Gasteiger partial charge in [-0.25, -0.2) is 0 Å². The maximum atomic E-state index is 11.2. The molecule has 0 aliphatic heterocycles. The van der Waals surface area contributed by atoms with Crippen LogP contribution in [0.5, 0.6) is 23.0 Å². The molecule has 0 aromatic heterocycles. The van der Waals surface area contributed by atoms with Crippen molar-refractivity contribution >= 4 is 11.4 Å². The molecular weight excluding hydrogens is 388 g/mol. The maximum Gasteiger partial charge on any atom is 0.276 e. The Bertz CT molecular complexity index is 1070. The highest BCUT2D eigenvalue weighted by Crippen LogP contribution is 2.41. The monoisotopic (exact) mass is 407 g/mol. The van der Waals surface area contributed by atoms with Gasteiger partial charge < -0.3 is 9.47 Å². The Labute approximate surface area is 173 Å². The molecule has 8 heteroatoms. The van der Waals surface area contributed by atoms with Crippen molar-refractivity contribution in [2.24, 2.45) is 0 Å². The number of rotatable bonds is 6. The van der Waals surface area contributed by atoms with Crippen LogP contribution in [0.4, 0.5) is 11.4 Å². The predicted octanol–water partition coefficient (Wildman–Crippen LogP) is 6.12. The third-order valence-electron chi connectivity index (χ3n) is 4.60. The van der Waals surface area contributed by atoms with Crippen LogP contribution in [0.15, 0.2) is 42.5 Å². The Morgan fingerprint density at radius 2 is 1.20 bits per heavy atom. The van der Waals surface area contributed by atoms with Crippen LogP contribution in [0.2, 0.25) is 0 Å². The third kappa shape index (κ3) is 4.22. The Morgan fingerprint density at radius 3 is 1.67 bits per heavy atom. The van der Waals surface area contributed by atoms with Crippen LogP contribution < -0.4 is 9.47 Å². The molecule has 153 valence electrons. The number of hydrogen-bond donors (Lipinski definition) is 0. The van der Waals surface area contributed by atoms with E-state index in [-0.39, 0.29) is 22.9 Å². The van der Waals surface area contributed by atoms with Gasteiger partial charge in [-0.1, -0.05) is 0 Å². The Balaban J connectivity index is 2.03. The molecule has 0 fully saturated rings. The van der Waals surface area contributed by atoms with Crippen molar-refractivity contribution < 1.29 is 19.3 Å². The van der Waals surface area contributed by atoms with Gasteiger partial charge in [-0.3, -0.25) is 20.2 Å². The summed E-state index contributed by atoms with van der Waals surface area (Å²) >= 11 is 0. The fourth-order valence-corrected chi connectivity index (χ4v) is 2.88. The van der Waals surface area contributed by atoms with Gasteiger partial charge in [-0.2, -0.15) is 0 Å². The smallest absolute Gasteiger partial charge is 0.276 e. The van der Waals surface area contributed by atoms with Crippen LogP contribution in [-0.2, 0) is 0 Å². The number of nitro benzene ring substituents is 2. The zero-order chi connectivity index (χ0) is 22.0. The van der Waals surface area contributed by atoms with E-state index in [2.05, 4.69) is 6.07 Å². The summed E-state index contributed by atoms with van der Waals surface area (Å²) in [5, 5.41) is 22.5. The van der Waals surface area contributed by atoms with E-state index in [0.29, 0.717) is 33.8 Å². The van der Waals surface area contributed by atoms with E-state index in [1.807, 2.05) is 0 Å². The minimum absolute atomic E-state index is 0.0546. The Hall–Kier alpha value is -3.94. The fraction of sp³-hybridized carbons (Fsp3) is 0.182. The molecule has 0 unspecified atom stereocenters. The van der Waals surface area contributed by atoms with Gasteiger partial charge >= 0.3 is 0 Å². The molecule has 0 saturated heterocycles. The van der Waals surface area contributed by atoms with Crippen LogP contribution in [0, 0.1) is 54.0 Å². The van der Waals surface area contributed by atoms with Crippen LogP contribution in [0.25, 0.3) is 0 Å². The van der Waals surface area contributed by atoms with E-state index >= 15 is 0 Å². The molecule has 0 saturated carbocycles. The van der Waals surface area contributed by atoms with E-state index < -0.39 is 9.85 Å². The normalized spacial score (nSPS) is 10.5. The summed E-state index contributed by atoms with van der Waals surface area (Å²) in [5.74, 6) is 1.24. The lowest BCUT2D eigenvalue weighted by molar-refractivity contribution is -0.385. The molecule has 0 amide bonds. The van der Waals surface area contributed by atoms with Crippen LogP contribution >= 0.6 is 0 Å². The Morgan fingerprint density at radius 1 is 0.733 bits per heavy atom. The van der Waals surface area contributed by atoms with Crippen molar-refractivity contribution in [2.45, 2.75) is 27.7 Å². The van der Waals surface area contributed by atoms with Crippen molar-refractivity contribution in [3.63, 3.8) is 0 Å². The van der Waals surface area contributed by atoms with Crippen molar-refractivity contribution in [3.05, 3.63) is 91.0 Å². The van der Waals surface area contributed by atoms with Crippen LogP contribution in [0.3, 0.4) is 0 Å². The van der Waals surface area contributed by atoms with Crippen molar-refractivity contribution in [3.8, 4) is 23.0 Å². The highest BCUT2D eigenvalue weighted by atomic mass is 16.6. The number of ether oxygens (including phenoxy) is 2. The second-order valence-electron chi connectivity index (χ2n) is 6.87. The van der Waals surface area contributed by atoms with Crippen molar-refractivity contribution in [1.29, 1.82) is 0 Å². The molecule has 0 N–H and O–H groups in total. The van der Waals surface area contributed by atoms with E-state index in [0.717, 1.165) is 0 Å². The van der Waals surface area contributed by atoms with E-state index in [1.165, 1.54) is 12.1 Å². The van der Waals surface area contributed by atoms with Crippen LogP contribution in [0.1, 0.15) is 22.3 Å². The molecule has 30 heavy (non-hydrogen) atoms. The molecule has 0 spiro atoms. The average molecular weight is 407 g/mol. The van der Waals surface area contributed by atoms with Crippen molar-refractivity contribution in [2.75, 3.05) is 0 Å². The second-order valence-corrected chi connectivity index (χ2v) is 6.87. The molecule has 3 aromatic rings. The van der Waals surface area contributed by atoms with Crippen LogP contribution in [-0.4, -0.2) is 9.85 Å².